The van der Waals surface area contributed by atoms with Crippen molar-refractivity contribution in [2.24, 2.45) is 0 Å². The second-order valence-corrected chi connectivity index (χ2v) is 4.11. The molecule has 1 aliphatic heterocycles. The summed E-state index contributed by atoms with van der Waals surface area (Å²) in [7, 11) is 0. The summed E-state index contributed by atoms with van der Waals surface area (Å²) in [4.78, 5) is 0. The quantitative estimate of drug-likeness (QED) is 0.596. The maximum atomic E-state index is 5.85. The molecule has 1 aromatic carbocycles. The maximum Gasteiger partial charge on any atom is 0.120 e. The second kappa shape index (κ2) is 2.58. The van der Waals surface area contributed by atoms with Gasteiger partial charge in [0.1, 0.15) is 5.60 Å². The van der Waals surface area contributed by atoms with E-state index in [4.69, 9.17) is 4.74 Å². The van der Waals surface area contributed by atoms with Crippen molar-refractivity contribution in [3.05, 3.63) is 35.9 Å². The van der Waals surface area contributed by atoms with E-state index < -0.39 is 0 Å². The molecule has 0 amide bonds. The minimum Gasteiger partial charge on any atom is -0.361 e. The number of fused-ring (bicyclic) bond motifs is 1. The first-order valence-corrected chi connectivity index (χ1v) is 5.15. The lowest BCUT2D eigenvalue weighted by molar-refractivity contribution is 0.289. The number of hydrogen-bond acceptors (Lipinski definition) is 1. The smallest absolute Gasteiger partial charge is 0.120 e. The van der Waals surface area contributed by atoms with Crippen LogP contribution >= 0.6 is 0 Å². The Labute approximate surface area is 78.7 Å². The second-order valence-electron chi connectivity index (χ2n) is 4.11. The van der Waals surface area contributed by atoms with Crippen LogP contribution in [-0.2, 0) is 10.3 Å². The molecule has 0 aromatic heterocycles. The lowest BCUT2D eigenvalue weighted by Crippen LogP contribution is -2.16. The molecule has 1 heterocycles. The predicted molar refractivity (Wildman–Crippen MR) is 51.5 cm³/mol. The molecule has 0 spiro atoms. The number of hydrogen-bond donors (Lipinski definition) is 0. The van der Waals surface area contributed by atoms with Crippen molar-refractivity contribution in [2.45, 2.75) is 37.4 Å². The van der Waals surface area contributed by atoms with E-state index in [0.29, 0.717) is 6.10 Å². The molecule has 68 valence electrons. The van der Waals surface area contributed by atoms with Gasteiger partial charge in [0.25, 0.3) is 0 Å². The Balaban J connectivity index is 1.94. The summed E-state index contributed by atoms with van der Waals surface area (Å²) in [5, 5.41) is 0. The fourth-order valence-electron chi connectivity index (χ4n) is 2.57. The highest BCUT2D eigenvalue weighted by atomic mass is 16.6. The molecular weight excluding hydrogens is 160 g/mol. The van der Waals surface area contributed by atoms with Gasteiger partial charge in [0.2, 0.25) is 0 Å². The van der Waals surface area contributed by atoms with Gasteiger partial charge < -0.3 is 4.74 Å². The first-order chi connectivity index (χ1) is 6.42. The van der Waals surface area contributed by atoms with Gasteiger partial charge in [-0.05, 0) is 18.4 Å². The molecule has 3 rings (SSSR count). The van der Waals surface area contributed by atoms with Gasteiger partial charge >= 0.3 is 0 Å². The highest BCUT2D eigenvalue weighted by Crippen LogP contribution is 2.54. The van der Waals surface area contributed by atoms with Gasteiger partial charge in [0.05, 0.1) is 6.10 Å². The molecule has 1 nitrogen and oxygen atoms in total. The van der Waals surface area contributed by atoms with E-state index in [1.165, 1.54) is 31.2 Å². The van der Waals surface area contributed by atoms with Crippen molar-refractivity contribution < 1.29 is 4.74 Å². The fourth-order valence-corrected chi connectivity index (χ4v) is 2.57. The van der Waals surface area contributed by atoms with Gasteiger partial charge in [-0.1, -0.05) is 43.2 Å². The van der Waals surface area contributed by atoms with Gasteiger partial charge in [-0.3, -0.25) is 0 Å². The van der Waals surface area contributed by atoms with E-state index in [1.807, 2.05) is 0 Å². The molecule has 0 N–H and O–H groups in total. The summed E-state index contributed by atoms with van der Waals surface area (Å²) in [6.45, 7) is 0. The topological polar surface area (TPSA) is 12.5 Å². The summed E-state index contributed by atoms with van der Waals surface area (Å²) in [6.07, 6.45) is 5.69. The molecule has 2 fully saturated rings. The Morgan fingerprint density at radius 3 is 2.77 bits per heavy atom. The van der Waals surface area contributed by atoms with E-state index in [9.17, 15) is 0 Å². The fraction of sp³-hybridized carbons (Fsp3) is 0.500. The van der Waals surface area contributed by atoms with Crippen LogP contribution in [-0.4, -0.2) is 6.10 Å². The van der Waals surface area contributed by atoms with Crippen molar-refractivity contribution in [2.75, 3.05) is 0 Å². The van der Waals surface area contributed by atoms with E-state index in [-0.39, 0.29) is 5.60 Å². The van der Waals surface area contributed by atoms with Crippen molar-refractivity contribution >= 4 is 0 Å². The Morgan fingerprint density at radius 2 is 2.00 bits per heavy atom. The Kier molecular flexibility index (Phi) is 1.50. The largest absolute Gasteiger partial charge is 0.361 e. The van der Waals surface area contributed by atoms with Gasteiger partial charge in [-0.2, -0.15) is 0 Å². The summed E-state index contributed by atoms with van der Waals surface area (Å²) < 4.78 is 5.85. The minimum atomic E-state index is 0.138. The van der Waals surface area contributed by atoms with Gasteiger partial charge in [-0.15, -0.1) is 0 Å². The third kappa shape index (κ3) is 1.03. The standard InChI is InChI=1S/C12H14O/c1-2-6-10(7-3-1)12-9-5-4-8-11(12)13-12/h1-3,6-7,11H,4-5,8-9H2. The number of benzene rings is 1. The average molecular weight is 174 g/mol. The van der Waals surface area contributed by atoms with Crippen LogP contribution in [0.2, 0.25) is 0 Å². The lowest BCUT2D eigenvalue weighted by atomic mass is 9.84. The number of epoxide rings is 1. The molecule has 0 radical (unpaired) electrons. The van der Waals surface area contributed by atoms with Gasteiger partial charge in [0.15, 0.2) is 0 Å². The normalized spacial score (nSPS) is 36.8. The molecule has 2 aliphatic rings. The van der Waals surface area contributed by atoms with Crippen LogP contribution in [0.4, 0.5) is 0 Å². The maximum absolute atomic E-state index is 5.85. The third-order valence-electron chi connectivity index (χ3n) is 3.34. The Hall–Kier alpha value is -0.820. The van der Waals surface area contributed by atoms with E-state index in [0.717, 1.165) is 0 Å². The zero-order valence-electron chi connectivity index (χ0n) is 7.70. The molecule has 1 aromatic rings. The first-order valence-electron chi connectivity index (χ1n) is 5.15. The Morgan fingerprint density at radius 1 is 1.15 bits per heavy atom. The van der Waals surface area contributed by atoms with Crippen LogP contribution in [0.3, 0.4) is 0 Å². The third-order valence-corrected chi connectivity index (χ3v) is 3.34. The molecule has 1 saturated heterocycles. The zero-order valence-corrected chi connectivity index (χ0v) is 7.70. The summed E-state index contributed by atoms with van der Waals surface area (Å²) in [5.41, 5.74) is 1.53. The van der Waals surface area contributed by atoms with Crippen LogP contribution in [0.25, 0.3) is 0 Å². The van der Waals surface area contributed by atoms with Crippen LogP contribution in [0.5, 0.6) is 0 Å². The van der Waals surface area contributed by atoms with Crippen LogP contribution in [0.15, 0.2) is 30.3 Å². The summed E-state index contributed by atoms with van der Waals surface area (Å²) in [5.74, 6) is 0. The molecule has 0 bridgehead atoms. The van der Waals surface area contributed by atoms with Gasteiger partial charge in [0, 0.05) is 0 Å². The van der Waals surface area contributed by atoms with E-state index in [2.05, 4.69) is 30.3 Å². The summed E-state index contributed by atoms with van der Waals surface area (Å²) >= 11 is 0. The molecule has 13 heavy (non-hydrogen) atoms. The number of rotatable bonds is 1. The van der Waals surface area contributed by atoms with Crippen LogP contribution in [0, 0.1) is 0 Å². The SMILES string of the molecule is c1ccc(C23CCCCC2O3)cc1. The molecule has 1 heteroatoms. The van der Waals surface area contributed by atoms with Crippen molar-refractivity contribution in [1.29, 1.82) is 0 Å². The lowest BCUT2D eigenvalue weighted by Gasteiger charge is -2.17. The molecule has 2 atom stereocenters. The van der Waals surface area contributed by atoms with Crippen molar-refractivity contribution in [3.63, 3.8) is 0 Å². The first kappa shape index (κ1) is 7.57. The molecular formula is C12H14O. The number of ether oxygens (including phenoxy) is 1. The molecule has 2 unspecified atom stereocenters. The van der Waals surface area contributed by atoms with Crippen LogP contribution in [0.1, 0.15) is 31.2 Å². The average Bonchev–Trinajstić information content (AvgIpc) is 2.94. The highest BCUT2D eigenvalue weighted by Gasteiger charge is 2.57. The van der Waals surface area contributed by atoms with Crippen molar-refractivity contribution in [3.8, 4) is 0 Å². The van der Waals surface area contributed by atoms with Crippen LogP contribution < -0.4 is 0 Å². The monoisotopic (exact) mass is 174 g/mol. The van der Waals surface area contributed by atoms with E-state index in [1.54, 1.807) is 0 Å². The minimum absolute atomic E-state index is 0.138. The highest BCUT2D eigenvalue weighted by molar-refractivity contribution is 5.29. The van der Waals surface area contributed by atoms with Crippen molar-refractivity contribution in [1.82, 2.24) is 0 Å². The zero-order chi connectivity index (χ0) is 8.73. The Bertz CT molecular complexity index is 306. The summed E-state index contributed by atoms with van der Waals surface area (Å²) in [6, 6.07) is 10.7. The molecule has 1 saturated carbocycles. The predicted octanol–water partition coefficient (Wildman–Crippen LogP) is 2.85. The van der Waals surface area contributed by atoms with Gasteiger partial charge in [-0.25, -0.2) is 0 Å². The molecule has 1 aliphatic carbocycles. The van der Waals surface area contributed by atoms with E-state index >= 15 is 0 Å².